The summed E-state index contributed by atoms with van der Waals surface area (Å²) in [7, 11) is 0. The molecule has 2 aromatic heterocycles. The molecular formula is C13H14N4O3. The lowest BCUT2D eigenvalue weighted by atomic mass is 10.3. The Balaban J connectivity index is 2.01. The van der Waals surface area contributed by atoms with Crippen molar-refractivity contribution in [3.05, 3.63) is 30.2 Å². The molecule has 7 nitrogen and oxygen atoms in total. The van der Waals surface area contributed by atoms with Crippen LogP contribution in [0, 0.1) is 0 Å². The molecule has 0 radical (unpaired) electrons. The van der Waals surface area contributed by atoms with Gasteiger partial charge < -0.3 is 15.7 Å². The quantitative estimate of drug-likeness (QED) is 0.836. The number of nitrogens with zero attached hydrogens (tertiary/aromatic N) is 3. The zero-order chi connectivity index (χ0) is 14.3. The zero-order valence-corrected chi connectivity index (χ0v) is 10.7. The van der Waals surface area contributed by atoms with E-state index in [4.69, 9.17) is 5.73 Å². The van der Waals surface area contributed by atoms with Crippen LogP contribution < -0.4 is 5.73 Å². The molecule has 0 saturated carbocycles. The summed E-state index contributed by atoms with van der Waals surface area (Å²) in [6.07, 6.45) is 2.63. The van der Waals surface area contributed by atoms with Crippen LogP contribution in [-0.4, -0.2) is 44.1 Å². The molecule has 20 heavy (non-hydrogen) atoms. The molecule has 0 aromatic carbocycles. The van der Waals surface area contributed by atoms with E-state index >= 15 is 0 Å². The number of aromatic nitrogens is 2. The molecule has 1 aliphatic rings. The second-order valence-corrected chi connectivity index (χ2v) is 4.84. The van der Waals surface area contributed by atoms with Crippen LogP contribution >= 0.6 is 0 Å². The van der Waals surface area contributed by atoms with Crippen molar-refractivity contribution in [2.45, 2.75) is 19.0 Å². The molecule has 104 valence electrons. The minimum absolute atomic E-state index is 0.134. The first-order chi connectivity index (χ1) is 9.58. The summed E-state index contributed by atoms with van der Waals surface area (Å²) < 4.78 is 1.17. The highest BCUT2D eigenvalue weighted by Gasteiger charge is 2.29. The molecule has 3 rings (SSSR count). The highest BCUT2D eigenvalue weighted by molar-refractivity contribution is 5.90. The number of rotatable bonds is 2. The van der Waals surface area contributed by atoms with Crippen LogP contribution in [0.5, 0.6) is 0 Å². The smallest absolute Gasteiger partial charge is 0.416 e. The van der Waals surface area contributed by atoms with Crippen molar-refractivity contribution in [3.8, 4) is 0 Å². The van der Waals surface area contributed by atoms with Gasteiger partial charge in [-0.25, -0.2) is 9.36 Å². The van der Waals surface area contributed by atoms with Crippen LogP contribution in [0.3, 0.4) is 0 Å². The van der Waals surface area contributed by atoms with E-state index < -0.39 is 12.1 Å². The van der Waals surface area contributed by atoms with Crippen molar-refractivity contribution < 1.29 is 14.7 Å². The first-order valence-corrected chi connectivity index (χ1v) is 6.30. The third-order valence-corrected chi connectivity index (χ3v) is 3.57. The van der Waals surface area contributed by atoms with Crippen molar-refractivity contribution in [3.63, 3.8) is 0 Å². The Morgan fingerprint density at radius 2 is 2.35 bits per heavy atom. The molecule has 3 heterocycles. The maximum atomic E-state index is 11.8. The van der Waals surface area contributed by atoms with E-state index in [1.54, 1.807) is 23.2 Å². The van der Waals surface area contributed by atoms with Crippen LogP contribution in [0.25, 0.3) is 10.9 Å². The number of amides is 1. The highest BCUT2D eigenvalue weighted by atomic mass is 16.4. The summed E-state index contributed by atoms with van der Waals surface area (Å²) >= 11 is 0. The summed E-state index contributed by atoms with van der Waals surface area (Å²) in [5, 5.41) is 10.1. The Labute approximate surface area is 114 Å². The molecule has 1 unspecified atom stereocenters. The van der Waals surface area contributed by atoms with Crippen molar-refractivity contribution in [2.75, 3.05) is 6.54 Å². The number of pyridine rings is 1. The Kier molecular flexibility index (Phi) is 2.90. The van der Waals surface area contributed by atoms with E-state index in [1.165, 1.54) is 10.8 Å². The van der Waals surface area contributed by atoms with Gasteiger partial charge in [-0.3, -0.25) is 9.78 Å². The van der Waals surface area contributed by atoms with Gasteiger partial charge in [-0.05, 0) is 18.6 Å². The number of likely N-dealkylation sites (tertiary alicyclic amines) is 1. The number of carbonyl (C=O) groups excluding carboxylic acids is 1. The minimum atomic E-state index is -1.08. The molecular weight excluding hydrogens is 260 g/mol. The molecule has 3 N–H and O–H groups in total. The predicted octanol–water partition coefficient (Wildman–Crippen LogP) is 0.622. The van der Waals surface area contributed by atoms with Gasteiger partial charge in [-0.1, -0.05) is 0 Å². The van der Waals surface area contributed by atoms with Crippen LogP contribution in [0.1, 0.15) is 12.1 Å². The van der Waals surface area contributed by atoms with Crippen LogP contribution in [0.15, 0.2) is 24.5 Å². The largest absolute Gasteiger partial charge is 0.464 e. The van der Waals surface area contributed by atoms with Gasteiger partial charge in [0.2, 0.25) is 5.91 Å². The number of nitrogens with two attached hydrogens (primary N) is 1. The lowest BCUT2D eigenvalue weighted by Gasteiger charge is -2.16. The highest BCUT2D eigenvalue weighted by Crippen LogP contribution is 2.21. The van der Waals surface area contributed by atoms with Crippen LogP contribution in [-0.2, 0) is 11.3 Å². The Bertz CT molecular complexity index is 694. The van der Waals surface area contributed by atoms with Gasteiger partial charge in [0.25, 0.3) is 0 Å². The summed E-state index contributed by atoms with van der Waals surface area (Å²) in [6, 6.07) is 3.04. The maximum Gasteiger partial charge on any atom is 0.416 e. The maximum absolute atomic E-state index is 11.8. The molecule has 1 saturated heterocycles. The lowest BCUT2D eigenvalue weighted by molar-refractivity contribution is -0.129. The first-order valence-electron chi connectivity index (χ1n) is 6.30. The molecule has 1 atom stereocenters. The van der Waals surface area contributed by atoms with Gasteiger partial charge in [0.1, 0.15) is 0 Å². The van der Waals surface area contributed by atoms with E-state index in [2.05, 4.69) is 4.98 Å². The average molecular weight is 274 g/mol. The lowest BCUT2D eigenvalue weighted by Crippen LogP contribution is -2.34. The van der Waals surface area contributed by atoms with Gasteiger partial charge in [0.05, 0.1) is 24.3 Å². The van der Waals surface area contributed by atoms with Gasteiger partial charge in [0.15, 0.2) is 0 Å². The van der Waals surface area contributed by atoms with Gasteiger partial charge in [-0.2, -0.15) is 0 Å². The number of fused-ring (bicyclic) bond motifs is 1. The minimum Gasteiger partial charge on any atom is -0.464 e. The molecule has 1 amide bonds. The fourth-order valence-corrected chi connectivity index (χ4v) is 2.56. The van der Waals surface area contributed by atoms with E-state index in [-0.39, 0.29) is 12.5 Å². The van der Waals surface area contributed by atoms with Crippen molar-refractivity contribution in [2.24, 2.45) is 5.73 Å². The van der Waals surface area contributed by atoms with Crippen molar-refractivity contribution in [1.82, 2.24) is 14.5 Å². The molecule has 0 spiro atoms. The number of carbonyl (C=O) groups is 2. The van der Waals surface area contributed by atoms with Crippen molar-refractivity contribution >= 4 is 22.9 Å². The second kappa shape index (κ2) is 4.61. The topological polar surface area (TPSA) is 101 Å². The Morgan fingerprint density at radius 3 is 3.00 bits per heavy atom. The monoisotopic (exact) mass is 274 g/mol. The molecule has 0 bridgehead atoms. The predicted molar refractivity (Wildman–Crippen MR) is 71.2 cm³/mol. The molecule has 7 heteroatoms. The molecule has 1 fully saturated rings. The summed E-state index contributed by atoms with van der Waals surface area (Å²) in [6.45, 7) is 0.799. The first kappa shape index (κ1) is 12.6. The molecule has 2 aromatic rings. The Hall–Kier alpha value is -2.41. The van der Waals surface area contributed by atoms with Crippen molar-refractivity contribution in [1.29, 1.82) is 0 Å². The zero-order valence-electron chi connectivity index (χ0n) is 10.7. The number of hydrogen-bond donors (Lipinski definition) is 2. The standard InChI is InChI=1S/C13H14N4O3/c14-10-2-4-16(12(10)18)7-9-5-8-1-3-15-6-11(8)17(9)13(19)20/h1,3,5-6,10H,2,4,7,14H2,(H,19,20). The van der Waals surface area contributed by atoms with Gasteiger partial charge in [0, 0.05) is 23.8 Å². The SMILES string of the molecule is NC1CCN(Cc2cc3ccncc3n2C(=O)O)C1=O. The van der Waals surface area contributed by atoms with Gasteiger partial charge >= 0.3 is 6.09 Å². The summed E-state index contributed by atoms with van der Waals surface area (Å²) in [5.41, 5.74) is 6.73. The number of carboxylic acid groups (broad SMARTS) is 1. The third-order valence-electron chi connectivity index (χ3n) is 3.57. The molecule has 0 aliphatic carbocycles. The Morgan fingerprint density at radius 1 is 1.55 bits per heavy atom. The van der Waals surface area contributed by atoms with Crippen LogP contribution in [0.4, 0.5) is 4.79 Å². The fraction of sp³-hybridized carbons (Fsp3) is 0.308. The fourth-order valence-electron chi connectivity index (χ4n) is 2.56. The second-order valence-electron chi connectivity index (χ2n) is 4.84. The third kappa shape index (κ3) is 1.92. The molecule has 1 aliphatic heterocycles. The van der Waals surface area contributed by atoms with Gasteiger partial charge in [-0.15, -0.1) is 0 Å². The number of hydrogen-bond acceptors (Lipinski definition) is 4. The summed E-state index contributed by atoms with van der Waals surface area (Å²) in [4.78, 5) is 28.8. The van der Waals surface area contributed by atoms with E-state index in [0.29, 0.717) is 24.2 Å². The van der Waals surface area contributed by atoms with E-state index in [9.17, 15) is 14.7 Å². The van der Waals surface area contributed by atoms with E-state index in [0.717, 1.165) is 5.39 Å². The summed E-state index contributed by atoms with van der Waals surface area (Å²) in [5.74, 6) is -0.134. The van der Waals surface area contributed by atoms with E-state index in [1.807, 2.05) is 0 Å². The average Bonchev–Trinajstić information content (AvgIpc) is 2.93. The normalized spacial score (nSPS) is 18.9. The van der Waals surface area contributed by atoms with Crippen LogP contribution in [0.2, 0.25) is 0 Å².